The third-order valence-electron chi connectivity index (χ3n) is 15.5. The van der Waals surface area contributed by atoms with Gasteiger partial charge in [0, 0.05) is 19.3 Å². The number of ether oxygens (including phenoxy) is 3. The molecule has 0 saturated heterocycles. The first kappa shape index (κ1) is 75.4. The SMILES string of the molecule is CCCCCCC/C=C\C/C=C\CCCCCCCCCCCC(=O)OC(COC(=O)CCCCCCC/C=C\CCCCCCCCC)COC(=O)CCCCCCCCCCCCC/C=C\CCCCCCCCCC. The van der Waals surface area contributed by atoms with E-state index in [9.17, 15) is 14.4 Å². The van der Waals surface area contributed by atoms with Gasteiger partial charge in [-0.2, -0.15) is 0 Å². The minimum absolute atomic E-state index is 0.0751. The van der Waals surface area contributed by atoms with E-state index in [2.05, 4.69) is 69.4 Å². The van der Waals surface area contributed by atoms with Crippen molar-refractivity contribution >= 4 is 17.9 Å². The molecule has 0 aromatic carbocycles. The summed E-state index contributed by atoms with van der Waals surface area (Å²) < 4.78 is 17.0. The van der Waals surface area contributed by atoms with Gasteiger partial charge in [0.25, 0.3) is 0 Å². The molecule has 0 heterocycles. The third kappa shape index (κ3) is 64.2. The smallest absolute Gasteiger partial charge is 0.306 e. The van der Waals surface area contributed by atoms with E-state index >= 15 is 0 Å². The fraction of sp³-hybridized carbons (Fsp3) is 0.847. The Morgan fingerprint density at radius 2 is 0.462 bits per heavy atom. The van der Waals surface area contributed by atoms with Crippen LogP contribution in [0, 0.1) is 0 Å². The van der Waals surface area contributed by atoms with Crippen LogP contribution in [0.4, 0.5) is 0 Å². The van der Waals surface area contributed by atoms with Gasteiger partial charge in [0.15, 0.2) is 6.10 Å². The Bertz CT molecular complexity index is 1350. The van der Waals surface area contributed by atoms with Crippen LogP contribution in [0.15, 0.2) is 48.6 Å². The molecule has 0 saturated carbocycles. The number of carbonyl (C=O) groups excluding carboxylic acids is 3. The van der Waals surface area contributed by atoms with Crippen molar-refractivity contribution in [3.63, 3.8) is 0 Å². The Kier molecular flexibility index (Phi) is 64.6. The van der Waals surface area contributed by atoms with Crippen molar-refractivity contribution in [1.82, 2.24) is 0 Å². The van der Waals surface area contributed by atoms with Gasteiger partial charge in [-0.15, -0.1) is 0 Å². The zero-order valence-electron chi connectivity index (χ0n) is 52.5. The number of allylic oxidation sites excluding steroid dienone is 8. The molecule has 0 N–H and O–H groups in total. The first-order chi connectivity index (χ1) is 38.5. The normalized spacial score (nSPS) is 12.3. The van der Waals surface area contributed by atoms with Crippen LogP contribution in [0.1, 0.15) is 374 Å². The summed E-state index contributed by atoms with van der Waals surface area (Å²) in [7, 11) is 0. The summed E-state index contributed by atoms with van der Waals surface area (Å²) in [5.41, 5.74) is 0. The van der Waals surface area contributed by atoms with Gasteiger partial charge in [0.1, 0.15) is 13.2 Å². The molecule has 1 atom stereocenters. The Labute approximate surface area is 486 Å². The Balaban J connectivity index is 4.33. The van der Waals surface area contributed by atoms with Crippen LogP contribution in [0.25, 0.3) is 0 Å². The van der Waals surface area contributed by atoms with Gasteiger partial charge in [-0.1, -0.05) is 301 Å². The lowest BCUT2D eigenvalue weighted by molar-refractivity contribution is -0.167. The molecule has 6 nitrogen and oxygen atoms in total. The van der Waals surface area contributed by atoms with Crippen LogP contribution in [0.3, 0.4) is 0 Å². The van der Waals surface area contributed by atoms with Gasteiger partial charge in [-0.05, 0) is 103 Å². The number of hydrogen-bond donors (Lipinski definition) is 0. The molecule has 0 rings (SSSR count). The highest BCUT2D eigenvalue weighted by Crippen LogP contribution is 2.17. The lowest BCUT2D eigenvalue weighted by Gasteiger charge is -2.18. The predicted molar refractivity (Wildman–Crippen MR) is 339 cm³/mol. The monoisotopic (exact) mass is 1090 g/mol. The van der Waals surface area contributed by atoms with Crippen molar-refractivity contribution in [2.45, 2.75) is 380 Å². The van der Waals surface area contributed by atoms with Crippen molar-refractivity contribution in [2.75, 3.05) is 13.2 Å². The number of esters is 3. The highest BCUT2D eigenvalue weighted by Gasteiger charge is 2.19. The fourth-order valence-electron chi connectivity index (χ4n) is 10.3. The summed E-state index contributed by atoms with van der Waals surface area (Å²) in [6, 6.07) is 0. The molecule has 0 aromatic rings. The third-order valence-corrected chi connectivity index (χ3v) is 15.5. The summed E-state index contributed by atoms with van der Waals surface area (Å²) in [5.74, 6) is -0.865. The summed E-state index contributed by atoms with van der Waals surface area (Å²) in [6.45, 7) is 6.68. The number of rotatable bonds is 64. The largest absolute Gasteiger partial charge is 0.462 e. The van der Waals surface area contributed by atoms with E-state index in [1.807, 2.05) is 0 Å². The molecule has 0 aliphatic carbocycles. The van der Waals surface area contributed by atoms with Crippen LogP contribution in [0.2, 0.25) is 0 Å². The molecule has 6 heteroatoms. The Morgan fingerprint density at radius 3 is 0.718 bits per heavy atom. The zero-order chi connectivity index (χ0) is 56.4. The number of unbranched alkanes of at least 4 members (excludes halogenated alkanes) is 45. The van der Waals surface area contributed by atoms with Gasteiger partial charge in [-0.25, -0.2) is 0 Å². The minimum Gasteiger partial charge on any atom is -0.462 e. The van der Waals surface area contributed by atoms with E-state index < -0.39 is 6.10 Å². The van der Waals surface area contributed by atoms with E-state index in [4.69, 9.17) is 14.2 Å². The molecule has 0 aliphatic rings. The molecule has 0 radical (unpaired) electrons. The molecule has 0 spiro atoms. The van der Waals surface area contributed by atoms with E-state index in [0.29, 0.717) is 19.3 Å². The van der Waals surface area contributed by atoms with Gasteiger partial charge in [-0.3, -0.25) is 14.4 Å². The standard InChI is InChI=1S/C72H132O6/c1-4-7-10-13-16-19-22-25-28-31-33-35-36-38-39-41-44-47-50-53-56-59-62-65-71(74)77-68-69(67-76-70(73)64-61-58-55-52-49-46-43-30-27-24-21-18-15-12-9-6-3)78-72(75)66-63-60-57-54-51-48-45-42-40-37-34-32-29-26-23-20-17-14-11-8-5-2/h23,26,30-34,43,69H,4-22,24-25,27-29,35-42,44-68H2,1-3H3/b26-23-,33-31-,34-32-,43-30-. The van der Waals surface area contributed by atoms with E-state index in [1.54, 1.807) is 0 Å². The number of hydrogen-bond acceptors (Lipinski definition) is 6. The molecule has 1 unspecified atom stereocenters. The average molecular weight is 1090 g/mol. The fourth-order valence-corrected chi connectivity index (χ4v) is 10.3. The highest BCUT2D eigenvalue weighted by atomic mass is 16.6. The zero-order valence-corrected chi connectivity index (χ0v) is 52.5. The molecule has 0 bridgehead atoms. The molecule has 0 aromatic heterocycles. The predicted octanol–water partition coefficient (Wildman–Crippen LogP) is 23.7. The molecular formula is C72H132O6. The molecule has 0 amide bonds. The topological polar surface area (TPSA) is 78.9 Å². The van der Waals surface area contributed by atoms with Crippen molar-refractivity contribution in [3.05, 3.63) is 48.6 Å². The maximum Gasteiger partial charge on any atom is 0.306 e. The highest BCUT2D eigenvalue weighted by molar-refractivity contribution is 5.71. The summed E-state index contributed by atoms with van der Waals surface area (Å²) in [6.07, 6.45) is 84.1. The van der Waals surface area contributed by atoms with Gasteiger partial charge in [0.2, 0.25) is 0 Å². The molecular weight excluding hydrogens is 961 g/mol. The van der Waals surface area contributed by atoms with Crippen LogP contribution < -0.4 is 0 Å². The average Bonchev–Trinajstić information content (AvgIpc) is 3.44. The first-order valence-electron chi connectivity index (χ1n) is 34.6. The quantitative estimate of drug-likeness (QED) is 0.0261. The minimum atomic E-state index is -0.780. The second kappa shape index (κ2) is 66.9. The van der Waals surface area contributed by atoms with E-state index in [0.717, 1.165) is 70.6 Å². The van der Waals surface area contributed by atoms with Gasteiger partial charge < -0.3 is 14.2 Å². The maximum absolute atomic E-state index is 12.9. The van der Waals surface area contributed by atoms with Crippen LogP contribution >= 0.6 is 0 Å². The molecule has 78 heavy (non-hydrogen) atoms. The Morgan fingerprint density at radius 1 is 0.256 bits per heavy atom. The summed E-state index contributed by atoms with van der Waals surface area (Å²) in [4.78, 5) is 38.4. The van der Waals surface area contributed by atoms with Gasteiger partial charge in [0.05, 0.1) is 0 Å². The van der Waals surface area contributed by atoms with Crippen molar-refractivity contribution in [2.24, 2.45) is 0 Å². The Hall–Kier alpha value is -2.63. The first-order valence-corrected chi connectivity index (χ1v) is 34.6. The molecule has 0 aliphatic heterocycles. The van der Waals surface area contributed by atoms with Crippen molar-refractivity contribution < 1.29 is 28.6 Å². The summed E-state index contributed by atoms with van der Waals surface area (Å²) >= 11 is 0. The van der Waals surface area contributed by atoms with Crippen molar-refractivity contribution in [3.8, 4) is 0 Å². The lowest BCUT2D eigenvalue weighted by atomic mass is 10.0. The lowest BCUT2D eigenvalue weighted by Crippen LogP contribution is -2.30. The van der Waals surface area contributed by atoms with Crippen molar-refractivity contribution in [1.29, 1.82) is 0 Å². The summed E-state index contributed by atoms with van der Waals surface area (Å²) in [5, 5.41) is 0. The van der Waals surface area contributed by atoms with E-state index in [1.165, 1.54) is 263 Å². The van der Waals surface area contributed by atoms with E-state index in [-0.39, 0.29) is 31.1 Å². The maximum atomic E-state index is 12.9. The van der Waals surface area contributed by atoms with Gasteiger partial charge >= 0.3 is 17.9 Å². The molecule has 0 fully saturated rings. The van der Waals surface area contributed by atoms with Crippen LogP contribution in [-0.2, 0) is 28.6 Å². The molecule has 456 valence electrons. The second-order valence-electron chi connectivity index (χ2n) is 23.4. The van der Waals surface area contributed by atoms with Crippen LogP contribution in [0.5, 0.6) is 0 Å². The second-order valence-corrected chi connectivity index (χ2v) is 23.4. The van der Waals surface area contributed by atoms with Crippen LogP contribution in [-0.4, -0.2) is 37.2 Å². The number of carbonyl (C=O) groups is 3.